The summed E-state index contributed by atoms with van der Waals surface area (Å²) in [5, 5.41) is 36.5. The second kappa shape index (κ2) is 8.82. The van der Waals surface area contributed by atoms with Gasteiger partial charge in [-0.25, -0.2) is 4.39 Å². The normalized spacial score (nSPS) is 40.8. The number of Topliss-reactive ketones (excluding diaryl/α,β-unsaturated/α-hetero) is 1. The third-order valence-electron chi connectivity index (χ3n) is 11.6. The van der Waals surface area contributed by atoms with Crippen molar-refractivity contribution in [1.82, 2.24) is 5.10 Å². The standard InChI is InChI=1S/C32H41FN2O4/c1-5-20-6-8-21(9-7-20)16-35-17-22-14-29(3)23(13-26(22)34-35)10-11-24-25-12-19(2)32(39,28(38)18-36)30(25,4)15-27(37)31(24,29)33/h6-9,13,17,19,24-25,27,36-37,39H,5,10-12,14-16,18H2,1-4H3/p+1/t19-,24+,25+,27+,29+,30+,31+,32+/m1/s1. The molecule has 210 valence electrons. The van der Waals surface area contributed by atoms with Crippen LogP contribution in [0.15, 0.2) is 36.0 Å². The first-order valence-corrected chi connectivity index (χ1v) is 14.6. The quantitative estimate of drug-likeness (QED) is 0.438. The van der Waals surface area contributed by atoms with Crippen molar-refractivity contribution < 1.29 is 29.2 Å². The van der Waals surface area contributed by atoms with E-state index >= 15 is 4.39 Å². The Morgan fingerprint density at radius 1 is 1.18 bits per heavy atom. The van der Waals surface area contributed by atoms with E-state index in [1.807, 2.05) is 20.8 Å². The van der Waals surface area contributed by atoms with Gasteiger partial charge in [0.25, 0.3) is 0 Å². The van der Waals surface area contributed by atoms with Crippen LogP contribution in [0.3, 0.4) is 0 Å². The van der Waals surface area contributed by atoms with Crippen LogP contribution < -0.4 is 4.68 Å². The first-order chi connectivity index (χ1) is 18.4. The van der Waals surface area contributed by atoms with E-state index in [1.165, 1.54) is 11.1 Å². The molecule has 6 nitrogen and oxygen atoms in total. The van der Waals surface area contributed by atoms with Crippen molar-refractivity contribution in [1.29, 1.82) is 0 Å². The van der Waals surface area contributed by atoms with Crippen LogP contribution in [0.4, 0.5) is 4.39 Å². The lowest BCUT2D eigenvalue weighted by molar-refractivity contribution is -0.742. The highest BCUT2D eigenvalue weighted by Gasteiger charge is 2.75. The number of H-pyrrole nitrogens is 1. The Hall–Kier alpha value is -2.35. The van der Waals surface area contributed by atoms with Crippen LogP contribution in [0.1, 0.15) is 75.8 Å². The number of alkyl halides is 1. The summed E-state index contributed by atoms with van der Waals surface area (Å²) in [6, 6.07) is 8.60. The molecule has 2 aromatic rings. The second-order valence-electron chi connectivity index (χ2n) is 13.3. The molecule has 4 aliphatic carbocycles. The monoisotopic (exact) mass is 537 g/mol. The number of benzene rings is 1. The number of ketones is 1. The summed E-state index contributed by atoms with van der Waals surface area (Å²) in [6.45, 7) is 7.69. The number of nitrogens with zero attached hydrogens (tertiary/aromatic N) is 1. The van der Waals surface area contributed by atoms with Gasteiger partial charge in [0, 0.05) is 27.9 Å². The van der Waals surface area contributed by atoms with Crippen LogP contribution in [-0.2, 0) is 24.2 Å². The van der Waals surface area contributed by atoms with Gasteiger partial charge >= 0.3 is 0 Å². The summed E-state index contributed by atoms with van der Waals surface area (Å²) in [6.07, 6.45) is 6.09. The predicted octanol–water partition coefficient (Wildman–Crippen LogP) is 3.70. The molecule has 0 radical (unpaired) electrons. The van der Waals surface area contributed by atoms with Gasteiger partial charge in [-0.2, -0.15) is 5.10 Å². The van der Waals surface area contributed by atoms with E-state index in [9.17, 15) is 20.1 Å². The second-order valence-corrected chi connectivity index (χ2v) is 13.3. The van der Waals surface area contributed by atoms with Gasteiger partial charge in [0.2, 0.25) is 0 Å². The SMILES string of the molecule is CCc1ccc(C[n+]2cc3c([nH]2)C=C2CC[C@H]4[C@@H]5C[C@@H](C)[C@](O)(C(=O)CO)[C@@]5(C)C[C@H](O)[C@]4(F)[C@@]2(C)C3)cc1. The Labute approximate surface area is 229 Å². The molecule has 6 rings (SSSR count). The van der Waals surface area contributed by atoms with Gasteiger partial charge in [0.05, 0.1) is 6.10 Å². The van der Waals surface area contributed by atoms with Gasteiger partial charge in [-0.1, -0.05) is 57.5 Å². The van der Waals surface area contributed by atoms with Crippen molar-refractivity contribution in [3.05, 3.63) is 58.4 Å². The van der Waals surface area contributed by atoms with Gasteiger partial charge < -0.3 is 15.3 Å². The third kappa shape index (κ3) is 3.42. The largest absolute Gasteiger partial charge is 0.390 e. The molecule has 0 bridgehead atoms. The number of halogens is 1. The summed E-state index contributed by atoms with van der Waals surface area (Å²) in [5.41, 5.74) is 0.0139. The maximum Gasteiger partial charge on any atom is 0.199 e. The Bertz CT molecular complexity index is 1340. The minimum Gasteiger partial charge on any atom is -0.390 e. The summed E-state index contributed by atoms with van der Waals surface area (Å²) in [7, 11) is 0. The lowest BCUT2D eigenvalue weighted by Gasteiger charge is -2.63. The molecule has 4 N–H and O–H groups in total. The lowest BCUT2D eigenvalue weighted by atomic mass is 9.43. The van der Waals surface area contributed by atoms with Crippen LogP contribution in [0.25, 0.3) is 6.08 Å². The number of aliphatic hydroxyl groups excluding tert-OH is 2. The summed E-state index contributed by atoms with van der Waals surface area (Å²) < 4.78 is 19.9. The van der Waals surface area contributed by atoms with Crippen molar-refractivity contribution in [3.63, 3.8) is 0 Å². The Morgan fingerprint density at radius 2 is 1.87 bits per heavy atom. The number of fused-ring (bicyclic) bond motifs is 6. The van der Waals surface area contributed by atoms with E-state index in [2.05, 4.69) is 53.2 Å². The number of carbonyl (C=O) groups excluding carboxylic acids is 1. The predicted molar refractivity (Wildman–Crippen MR) is 145 cm³/mol. The van der Waals surface area contributed by atoms with E-state index < -0.39 is 52.4 Å². The zero-order valence-corrected chi connectivity index (χ0v) is 23.5. The van der Waals surface area contributed by atoms with Crippen molar-refractivity contribution in [2.75, 3.05) is 6.61 Å². The van der Waals surface area contributed by atoms with Crippen molar-refractivity contribution in [2.45, 2.75) is 90.1 Å². The van der Waals surface area contributed by atoms with Gasteiger partial charge in [-0.3, -0.25) is 4.79 Å². The summed E-state index contributed by atoms with van der Waals surface area (Å²) in [4.78, 5) is 12.9. The van der Waals surface area contributed by atoms with Gasteiger partial charge in [-0.15, -0.1) is 4.68 Å². The average Bonchev–Trinajstić information content (AvgIpc) is 3.38. The molecule has 4 aliphatic rings. The van der Waals surface area contributed by atoms with Crippen molar-refractivity contribution >= 4 is 11.9 Å². The fraction of sp³-hybridized carbons (Fsp3) is 0.625. The maximum atomic E-state index is 17.8. The number of aliphatic hydroxyl groups is 3. The topological polar surface area (TPSA) is 97.4 Å². The molecular formula is C32H42FN2O4+. The first-order valence-electron chi connectivity index (χ1n) is 14.6. The molecular weight excluding hydrogens is 495 g/mol. The molecule has 0 aliphatic heterocycles. The highest BCUT2D eigenvalue weighted by atomic mass is 19.1. The van der Waals surface area contributed by atoms with E-state index in [0.29, 0.717) is 32.2 Å². The first kappa shape index (κ1) is 26.9. The van der Waals surface area contributed by atoms with E-state index in [4.69, 9.17) is 0 Å². The minimum atomic E-state index is -1.88. The number of hydrogen-bond donors (Lipinski definition) is 4. The zero-order chi connectivity index (χ0) is 28.0. The number of rotatable bonds is 5. The fourth-order valence-electron chi connectivity index (χ4n) is 9.38. The Kier molecular flexibility index (Phi) is 6.07. The maximum absolute atomic E-state index is 17.8. The molecule has 8 atom stereocenters. The Balaban J connectivity index is 1.33. The third-order valence-corrected chi connectivity index (χ3v) is 11.6. The van der Waals surface area contributed by atoms with Crippen molar-refractivity contribution in [3.8, 4) is 0 Å². The molecule has 7 heteroatoms. The van der Waals surface area contributed by atoms with Crippen LogP contribution in [0.5, 0.6) is 0 Å². The van der Waals surface area contributed by atoms with E-state index in [-0.39, 0.29) is 12.3 Å². The summed E-state index contributed by atoms with van der Waals surface area (Å²) in [5.74, 6) is -1.78. The Morgan fingerprint density at radius 3 is 2.54 bits per heavy atom. The summed E-state index contributed by atoms with van der Waals surface area (Å²) >= 11 is 0. The van der Waals surface area contributed by atoms with Gasteiger partial charge in [0.1, 0.15) is 23.6 Å². The number of nitrogens with one attached hydrogen (secondary N) is 1. The van der Waals surface area contributed by atoms with Gasteiger partial charge in [-0.05, 0) is 62.0 Å². The number of aromatic amines is 1. The van der Waals surface area contributed by atoms with Crippen LogP contribution in [-0.4, -0.2) is 50.2 Å². The lowest BCUT2D eigenvalue weighted by Crippen LogP contribution is -2.70. The smallest absolute Gasteiger partial charge is 0.199 e. The van der Waals surface area contributed by atoms with Crippen LogP contribution in [0.2, 0.25) is 0 Å². The highest BCUT2D eigenvalue weighted by molar-refractivity contribution is 5.90. The molecule has 0 amide bonds. The fourth-order valence-corrected chi connectivity index (χ4v) is 9.38. The van der Waals surface area contributed by atoms with Crippen molar-refractivity contribution in [2.24, 2.45) is 28.6 Å². The molecule has 1 aromatic carbocycles. The number of carbonyl (C=O) groups is 1. The zero-order valence-electron chi connectivity index (χ0n) is 23.5. The average molecular weight is 538 g/mol. The molecule has 0 saturated heterocycles. The number of allylic oxidation sites excluding steroid dienone is 1. The molecule has 39 heavy (non-hydrogen) atoms. The van der Waals surface area contributed by atoms with E-state index in [1.54, 1.807) is 0 Å². The molecule has 0 spiro atoms. The number of aromatic nitrogens is 2. The van der Waals surface area contributed by atoms with Crippen LogP contribution >= 0.6 is 0 Å². The molecule has 3 saturated carbocycles. The molecule has 1 aromatic heterocycles. The molecule has 1 heterocycles. The van der Waals surface area contributed by atoms with E-state index in [0.717, 1.165) is 23.3 Å². The van der Waals surface area contributed by atoms with Gasteiger partial charge in [0.15, 0.2) is 18.5 Å². The van der Waals surface area contributed by atoms with Crippen LogP contribution in [0, 0.1) is 28.6 Å². The number of aryl methyl sites for hydroxylation is 1. The molecule has 0 unspecified atom stereocenters. The molecule has 3 fully saturated rings. The highest BCUT2D eigenvalue weighted by Crippen LogP contribution is 2.71. The minimum absolute atomic E-state index is 0.00609. The number of hydrogen-bond acceptors (Lipinski definition) is 4.